The Hall–Kier alpha value is -2.13. The van der Waals surface area contributed by atoms with Crippen LogP contribution >= 0.6 is 27.3 Å². The van der Waals surface area contributed by atoms with Crippen LogP contribution in [-0.2, 0) is 16.0 Å². The average molecular weight is 470 g/mol. The van der Waals surface area contributed by atoms with Gasteiger partial charge in [0.25, 0.3) is 0 Å². The molecule has 0 aliphatic carbocycles. The van der Waals surface area contributed by atoms with Crippen LogP contribution in [0.5, 0.6) is 11.5 Å². The maximum atomic E-state index is 11.5. The zero-order chi connectivity index (χ0) is 20.4. The Bertz CT molecular complexity index is 810. The van der Waals surface area contributed by atoms with E-state index in [1.807, 2.05) is 19.1 Å². The minimum atomic E-state index is -0.291. The van der Waals surface area contributed by atoms with Gasteiger partial charge in [0.05, 0.1) is 38.1 Å². The van der Waals surface area contributed by atoms with E-state index in [2.05, 4.69) is 38.4 Å². The van der Waals surface area contributed by atoms with Gasteiger partial charge in [-0.3, -0.25) is 10.2 Å². The number of carbonyl (C=O) groups excluding carboxylic acids is 1. The molecule has 1 heterocycles. The van der Waals surface area contributed by atoms with E-state index in [1.165, 1.54) is 11.3 Å². The van der Waals surface area contributed by atoms with Gasteiger partial charge in [0.15, 0.2) is 11.5 Å². The summed E-state index contributed by atoms with van der Waals surface area (Å²) in [5, 5.41) is 6.63. The number of carbonyl (C=O) groups is 1. The molecule has 1 aromatic carbocycles. The minimum Gasteiger partial charge on any atom is -0.490 e. The van der Waals surface area contributed by atoms with Crippen LogP contribution in [0, 0.1) is 0 Å². The SMILES string of the molecule is CCCOc1cc(Br)c(C=NNc2nc(CC(=O)OCC)cs2)cc1OCC. The van der Waals surface area contributed by atoms with Gasteiger partial charge in [0.2, 0.25) is 5.13 Å². The molecular weight excluding hydrogens is 446 g/mol. The number of hydrazone groups is 1. The van der Waals surface area contributed by atoms with Crippen LogP contribution in [0.4, 0.5) is 5.13 Å². The van der Waals surface area contributed by atoms with Gasteiger partial charge in [0, 0.05) is 15.4 Å². The van der Waals surface area contributed by atoms with Crippen LogP contribution in [0.2, 0.25) is 0 Å². The topological polar surface area (TPSA) is 82.0 Å². The summed E-state index contributed by atoms with van der Waals surface area (Å²) >= 11 is 4.91. The second kappa shape index (κ2) is 11.7. The molecule has 9 heteroatoms. The monoisotopic (exact) mass is 469 g/mol. The molecule has 0 unspecified atom stereocenters. The van der Waals surface area contributed by atoms with Gasteiger partial charge in [0.1, 0.15) is 0 Å². The molecule has 0 amide bonds. The van der Waals surface area contributed by atoms with Crippen molar-refractivity contribution in [1.82, 2.24) is 4.98 Å². The molecule has 0 saturated heterocycles. The van der Waals surface area contributed by atoms with Gasteiger partial charge in [-0.2, -0.15) is 5.10 Å². The van der Waals surface area contributed by atoms with Crippen molar-refractivity contribution >= 4 is 44.6 Å². The number of hydrogen-bond donors (Lipinski definition) is 1. The highest BCUT2D eigenvalue weighted by Crippen LogP contribution is 2.33. The Labute approximate surface area is 177 Å². The molecule has 0 spiro atoms. The molecule has 2 rings (SSSR count). The van der Waals surface area contributed by atoms with Crippen molar-refractivity contribution in [2.75, 3.05) is 25.2 Å². The lowest BCUT2D eigenvalue weighted by Crippen LogP contribution is -2.07. The third kappa shape index (κ3) is 6.79. The fraction of sp³-hybridized carbons (Fsp3) is 0.421. The van der Waals surface area contributed by atoms with Crippen LogP contribution in [0.15, 0.2) is 27.1 Å². The van der Waals surface area contributed by atoms with Crippen LogP contribution < -0.4 is 14.9 Å². The van der Waals surface area contributed by atoms with Gasteiger partial charge < -0.3 is 14.2 Å². The number of aromatic nitrogens is 1. The van der Waals surface area contributed by atoms with E-state index in [9.17, 15) is 4.79 Å². The third-order valence-corrected chi connectivity index (χ3v) is 4.85. The van der Waals surface area contributed by atoms with Crippen molar-refractivity contribution in [3.63, 3.8) is 0 Å². The second-order valence-electron chi connectivity index (χ2n) is 5.60. The normalized spacial score (nSPS) is 10.9. The smallest absolute Gasteiger partial charge is 0.311 e. The van der Waals surface area contributed by atoms with Crippen molar-refractivity contribution < 1.29 is 19.0 Å². The van der Waals surface area contributed by atoms with Crippen LogP contribution in [0.3, 0.4) is 0 Å². The van der Waals surface area contributed by atoms with E-state index < -0.39 is 0 Å². The summed E-state index contributed by atoms with van der Waals surface area (Å²) in [5.41, 5.74) is 4.37. The number of benzene rings is 1. The lowest BCUT2D eigenvalue weighted by molar-refractivity contribution is -0.142. The van der Waals surface area contributed by atoms with Crippen molar-refractivity contribution in [1.29, 1.82) is 0 Å². The van der Waals surface area contributed by atoms with E-state index in [-0.39, 0.29) is 12.4 Å². The van der Waals surface area contributed by atoms with Crippen LogP contribution in [-0.4, -0.2) is 37.0 Å². The Morgan fingerprint density at radius 1 is 1.25 bits per heavy atom. The number of halogens is 1. The van der Waals surface area contributed by atoms with E-state index in [0.717, 1.165) is 16.5 Å². The summed E-state index contributed by atoms with van der Waals surface area (Å²) in [6.07, 6.45) is 2.74. The molecule has 28 heavy (non-hydrogen) atoms. The minimum absolute atomic E-state index is 0.151. The number of esters is 1. The molecule has 0 fully saturated rings. The molecule has 0 atom stereocenters. The summed E-state index contributed by atoms with van der Waals surface area (Å²) < 4.78 is 17.2. The Morgan fingerprint density at radius 3 is 2.75 bits per heavy atom. The number of thiazole rings is 1. The van der Waals surface area contributed by atoms with Gasteiger partial charge in [-0.15, -0.1) is 11.3 Å². The summed E-state index contributed by atoms with van der Waals surface area (Å²) in [6.45, 7) is 7.29. The summed E-state index contributed by atoms with van der Waals surface area (Å²) in [5.74, 6) is 1.08. The number of rotatable bonds is 11. The highest BCUT2D eigenvalue weighted by molar-refractivity contribution is 9.10. The van der Waals surface area contributed by atoms with Gasteiger partial charge >= 0.3 is 5.97 Å². The Kier molecular flexibility index (Phi) is 9.22. The molecule has 1 aromatic heterocycles. The first-order chi connectivity index (χ1) is 13.6. The quantitative estimate of drug-likeness (QED) is 0.293. The number of ether oxygens (including phenoxy) is 3. The molecule has 0 aliphatic heterocycles. The van der Waals surface area contributed by atoms with E-state index >= 15 is 0 Å². The van der Waals surface area contributed by atoms with E-state index in [1.54, 1.807) is 18.5 Å². The molecule has 1 N–H and O–H groups in total. The Morgan fingerprint density at radius 2 is 2.04 bits per heavy atom. The van der Waals surface area contributed by atoms with E-state index in [0.29, 0.717) is 42.1 Å². The highest BCUT2D eigenvalue weighted by Gasteiger charge is 2.10. The van der Waals surface area contributed by atoms with Crippen molar-refractivity contribution in [2.24, 2.45) is 5.10 Å². The van der Waals surface area contributed by atoms with Gasteiger partial charge in [-0.1, -0.05) is 6.92 Å². The van der Waals surface area contributed by atoms with Crippen LogP contribution in [0.25, 0.3) is 0 Å². The number of anilines is 1. The maximum Gasteiger partial charge on any atom is 0.311 e. The third-order valence-electron chi connectivity index (χ3n) is 3.37. The second-order valence-corrected chi connectivity index (χ2v) is 7.31. The zero-order valence-corrected chi connectivity index (χ0v) is 18.6. The zero-order valence-electron chi connectivity index (χ0n) is 16.2. The van der Waals surface area contributed by atoms with Crippen molar-refractivity contribution in [3.8, 4) is 11.5 Å². The predicted molar refractivity (Wildman–Crippen MR) is 115 cm³/mol. The fourth-order valence-corrected chi connectivity index (χ4v) is 3.28. The largest absolute Gasteiger partial charge is 0.490 e. The summed E-state index contributed by atoms with van der Waals surface area (Å²) in [6, 6.07) is 3.75. The number of hydrogen-bond acceptors (Lipinski definition) is 8. The van der Waals surface area contributed by atoms with E-state index in [4.69, 9.17) is 14.2 Å². The molecule has 2 aromatic rings. The molecule has 0 radical (unpaired) electrons. The average Bonchev–Trinajstić information content (AvgIpc) is 3.10. The molecular formula is C19H24BrN3O4S. The maximum absolute atomic E-state index is 11.5. The highest BCUT2D eigenvalue weighted by atomic mass is 79.9. The summed E-state index contributed by atoms with van der Waals surface area (Å²) in [4.78, 5) is 15.8. The molecule has 152 valence electrons. The van der Waals surface area contributed by atoms with Crippen LogP contribution in [0.1, 0.15) is 38.4 Å². The lowest BCUT2D eigenvalue weighted by Gasteiger charge is -2.13. The first-order valence-corrected chi connectivity index (χ1v) is 10.7. The standard InChI is InChI=1S/C19H24BrN3O4S/c1-4-7-27-17-10-15(20)13(8-16(17)25-5-2)11-21-23-19-22-14(12-28-19)9-18(24)26-6-3/h8,10-12H,4-7,9H2,1-3H3,(H,22,23). The van der Waals surface area contributed by atoms with Gasteiger partial charge in [-0.05, 0) is 48.3 Å². The molecule has 0 saturated carbocycles. The first kappa shape index (κ1) is 22.2. The molecule has 0 aliphatic rings. The summed E-state index contributed by atoms with van der Waals surface area (Å²) in [7, 11) is 0. The predicted octanol–water partition coefficient (Wildman–Crippen LogP) is 4.64. The van der Waals surface area contributed by atoms with Crippen molar-refractivity contribution in [2.45, 2.75) is 33.6 Å². The number of nitrogens with one attached hydrogen (secondary N) is 1. The first-order valence-electron chi connectivity index (χ1n) is 9.05. The molecule has 7 nitrogen and oxygen atoms in total. The van der Waals surface area contributed by atoms with Gasteiger partial charge in [-0.25, -0.2) is 4.98 Å². The lowest BCUT2D eigenvalue weighted by atomic mass is 10.2. The Balaban J connectivity index is 2.04. The number of nitrogens with zero attached hydrogens (tertiary/aromatic N) is 2. The fourth-order valence-electron chi connectivity index (χ4n) is 2.20. The van der Waals surface area contributed by atoms with Crippen molar-refractivity contribution in [3.05, 3.63) is 33.2 Å². The molecule has 0 bridgehead atoms.